The van der Waals surface area contributed by atoms with Crippen LogP contribution in [-0.4, -0.2) is 7.05 Å². The van der Waals surface area contributed by atoms with E-state index in [9.17, 15) is 9.59 Å². The summed E-state index contributed by atoms with van der Waals surface area (Å²) in [6.45, 7) is 2.09. The molecule has 4 aromatic carbocycles. The van der Waals surface area contributed by atoms with Crippen LogP contribution in [0.3, 0.4) is 0 Å². The van der Waals surface area contributed by atoms with Crippen LogP contribution in [0.1, 0.15) is 27.8 Å². The molecule has 3 nitrogen and oxygen atoms in total. The lowest BCUT2D eigenvalue weighted by molar-refractivity contribution is 1.35. The predicted octanol–water partition coefficient (Wildman–Crippen LogP) is 6.20. The van der Waals surface area contributed by atoms with E-state index in [0.29, 0.717) is 11.3 Å². The molecule has 0 bridgehead atoms. The molecule has 0 heterocycles. The van der Waals surface area contributed by atoms with E-state index >= 15 is 0 Å². The molecule has 4 rings (SSSR count). The number of aryl methyl sites for hydroxylation is 1. The fraction of sp³-hybridized carbons (Fsp3) is 0.0667. The van der Waals surface area contributed by atoms with Crippen molar-refractivity contribution in [1.82, 2.24) is 0 Å². The molecule has 1 N–H and O–H groups in total. The Morgan fingerprint density at radius 3 is 1.48 bits per heavy atom. The second-order valence-electron chi connectivity index (χ2n) is 7.91. The fourth-order valence-corrected chi connectivity index (χ4v) is 3.59. The molecule has 0 spiro atoms. The Morgan fingerprint density at radius 1 is 0.576 bits per heavy atom. The molecule has 33 heavy (non-hydrogen) atoms. The molecule has 0 aromatic heterocycles. The van der Waals surface area contributed by atoms with Crippen molar-refractivity contribution < 1.29 is 0 Å². The molecule has 0 aliphatic carbocycles. The predicted molar refractivity (Wildman–Crippen MR) is 141 cm³/mol. The Labute approximate surface area is 193 Å². The summed E-state index contributed by atoms with van der Waals surface area (Å²) in [5.41, 5.74) is 6.45. The minimum atomic E-state index is -0.447. The summed E-state index contributed by atoms with van der Waals surface area (Å²) in [6.07, 6.45) is 12.3. The Balaban J connectivity index is 1.37. The minimum absolute atomic E-state index is 0.392. The highest BCUT2D eigenvalue weighted by atomic mass is 16.2. The first-order chi connectivity index (χ1) is 16.0. The van der Waals surface area contributed by atoms with Gasteiger partial charge in [-0.3, -0.25) is 9.59 Å². The number of nitrogens with one attached hydrogen (secondary N) is 1. The van der Waals surface area contributed by atoms with E-state index in [0.717, 1.165) is 22.3 Å². The van der Waals surface area contributed by atoms with Crippen LogP contribution in [0.5, 0.6) is 0 Å². The summed E-state index contributed by atoms with van der Waals surface area (Å²) in [5.74, 6) is 0. The van der Waals surface area contributed by atoms with Gasteiger partial charge in [-0.2, -0.15) is 0 Å². The van der Waals surface area contributed by atoms with Crippen LogP contribution < -0.4 is 16.2 Å². The normalized spacial score (nSPS) is 11.8. The van der Waals surface area contributed by atoms with Crippen molar-refractivity contribution >= 4 is 30.0 Å². The highest BCUT2D eigenvalue weighted by molar-refractivity contribution is 5.82. The lowest BCUT2D eigenvalue weighted by Crippen LogP contribution is -2.35. The Hall–Kier alpha value is -4.24. The SMILES string of the molecule is CNc1c(-c2ccc(C=Cc3ccc(C=CC=Cc4ccc(C)cc4)cc3)cc2)c(=O)c1=O. The highest BCUT2D eigenvalue weighted by Gasteiger charge is 2.20. The standard InChI is InChI=1S/C30H25NO2/c1-21-7-9-22(10-8-21)5-3-4-6-23-11-13-24(14-12-23)15-16-25-17-19-26(20-18-25)27-28(31-2)30(33)29(27)32/h3-20,31H,1-2H3. The van der Waals surface area contributed by atoms with Gasteiger partial charge in [0.2, 0.25) is 10.9 Å². The van der Waals surface area contributed by atoms with Gasteiger partial charge >= 0.3 is 0 Å². The van der Waals surface area contributed by atoms with Gasteiger partial charge in [0, 0.05) is 7.05 Å². The molecule has 0 aliphatic rings. The molecule has 0 saturated carbocycles. The van der Waals surface area contributed by atoms with Gasteiger partial charge in [0.25, 0.3) is 0 Å². The van der Waals surface area contributed by atoms with Crippen LogP contribution in [0, 0.1) is 6.92 Å². The lowest BCUT2D eigenvalue weighted by Gasteiger charge is -2.10. The zero-order chi connectivity index (χ0) is 23.2. The fourth-order valence-electron chi connectivity index (χ4n) is 3.59. The summed E-state index contributed by atoms with van der Waals surface area (Å²) in [4.78, 5) is 23.4. The van der Waals surface area contributed by atoms with Crippen molar-refractivity contribution in [2.75, 3.05) is 12.4 Å². The third-order valence-corrected chi connectivity index (χ3v) is 5.53. The zero-order valence-corrected chi connectivity index (χ0v) is 18.7. The van der Waals surface area contributed by atoms with E-state index in [1.807, 2.05) is 42.5 Å². The lowest BCUT2D eigenvalue weighted by atomic mass is 9.97. The largest absolute Gasteiger partial charge is 0.384 e. The van der Waals surface area contributed by atoms with E-state index in [1.165, 1.54) is 11.1 Å². The molecule has 0 radical (unpaired) electrons. The molecule has 0 unspecified atom stereocenters. The second kappa shape index (κ2) is 9.92. The first-order valence-corrected chi connectivity index (χ1v) is 10.9. The molecule has 0 aliphatic heterocycles. The van der Waals surface area contributed by atoms with Gasteiger partial charge in [-0.1, -0.05) is 115 Å². The topological polar surface area (TPSA) is 46.2 Å². The summed E-state index contributed by atoms with van der Waals surface area (Å²) < 4.78 is 0. The van der Waals surface area contributed by atoms with Crippen LogP contribution >= 0.6 is 0 Å². The molecule has 4 aromatic rings. The summed E-state index contributed by atoms with van der Waals surface area (Å²) in [6, 6.07) is 24.4. The average Bonchev–Trinajstić information content (AvgIpc) is 2.85. The third kappa shape index (κ3) is 5.16. The van der Waals surface area contributed by atoms with Gasteiger partial charge < -0.3 is 5.32 Å². The Morgan fingerprint density at radius 2 is 1.00 bits per heavy atom. The summed E-state index contributed by atoms with van der Waals surface area (Å²) >= 11 is 0. The smallest absolute Gasteiger partial charge is 0.250 e. The maximum atomic E-state index is 11.8. The van der Waals surface area contributed by atoms with E-state index in [2.05, 4.69) is 79.0 Å². The average molecular weight is 432 g/mol. The number of rotatable bonds is 7. The van der Waals surface area contributed by atoms with Crippen molar-refractivity contribution in [3.05, 3.63) is 133 Å². The maximum absolute atomic E-state index is 11.8. The molecular formula is C30H25NO2. The van der Waals surface area contributed by atoms with E-state index in [4.69, 9.17) is 0 Å². The maximum Gasteiger partial charge on any atom is 0.250 e. The second-order valence-corrected chi connectivity index (χ2v) is 7.91. The van der Waals surface area contributed by atoms with Crippen molar-refractivity contribution in [3.63, 3.8) is 0 Å². The quantitative estimate of drug-likeness (QED) is 0.215. The Bertz CT molecular complexity index is 1390. The third-order valence-electron chi connectivity index (χ3n) is 5.53. The minimum Gasteiger partial charge on any atom is -0.384 e. The van der Waals surface area contributed by atoms with Crippen LogP contribution in [0.4, 0.5) is 5.69 Å². The van der Waals surface area contributed by atoms with Crippen LogP contribution in [0.2, 0.25) is 0 Å². The van der Waals surface area contributed by atoms with Crippen molar-refractivity contribution in [1.29, 1.82) is 0 Å². The molecule has 0 atom stereocenters. The first kappa shape index (κ1) is 22.0. The van der Waals surface area contributed by atoms with Gasteiger partial charge in [0.1, 0.15) is 0 Å². The zero-order valence-electron chi connectivity index (χ0n) is 18.7. The van der Waals surface area contributed by atoms with Gasteiger partial charge in [-0.15, -0.1) is 0 Å². The van der Waals surface area contributed by atoms with Gasteiger partial charge in [0.15, 0.2) is 0 Å². The number of anilines is 1. The number of benzene rings is 3. The van der Waals surface area contributed by atoms with Gasteiger partial charge in [-0.05, 0) is 34.7 Å². The molecule has 3 heteroatoms. The number of hydrogen-bond acceptors (Lipinski definition) is 3. The number of hydrogen-bond donors (Lipinski definition) is 1. The van der Waals surface area contributed by atoms with E-state index in [1.54, 1.807) is 7.05 Å². The molecule has 162 valence electrons. The molecule has 0 fully saturated rings. The first-order valence-electron chi connectivity index (χ1n) is 10.9. The van der Waals surface area contributed by atoms with Crippen molar-refractivity contribution in [2.24, 2.45) is 0 Å². The Kier molecular flexibility index (Phi) is 6.61. The van der Waals surface area contributed by atoms with Crippen LogP contribution in [-0.2, 0) is 0 Å². The van der Waals surface area contributed by atoms with E-state index < -0.39 is 10.9 Å². The molecule has 0 amide bonds. The highest BCUT2D eigenvalue weighted by Crippen LogP contribution is 2.24. The van der Waals surface area contributed by atoms with Gasteiger partial charge in [-0.25, -0.2) is 0 Å². The van der Waals surface area contributed by atoms with Crippen LogP contribution in [0.25, 0.3) is 35.4 Å². The van der Waals surface area contributed by atoms with Crippen LogP contribution in [0.15, 0.2) is 94.5 Å². The van der Waals surface area contributed by atoms with Gasteiger partial charge in [0.05, 0.1) is 11.3 Å². The number of allylic oxidation sites excluding steroid dienone is 2. The van der Waals surface area contributed by atoms with E-state index in [-0.39, 0.29) is 0 Å². The monoisotopic (exact) mass is 431 g/mol. The molecular weight excluding hydrogens is 406 g/mol. The summed E-state index contributed by atoms with van der Waals surface area (Å²) in [7, 11) is 1.65. The van der Waals surface area contributed by atoms with Crippen molar-refractivity contribution in [2.45, 2.75) is 6.92 Å². The molecule has 0 saturated heterocycles. The summed E-state index contributed by atoms with van der Waals surface area (Å²) in [5, 5.41) is 2.81. The van der Waals surface area contributed by atoms with Crippen molar-refractivity contribution in [3.8, 4) is 11.1 Å².